The summed E-state index contributed by atoms with van der Waals surface area (Å²) in [5, 5.41) is 3.40. The molecule has 0 aliphatic carbocycles. The Morgan fingerprint density at radius 1 is 0.490 bits per heavy atom. The molecule has 0 aliphatic heterocycles. The van der Waals surface area contributed by atoms with Gasteiger partial charge in [0.25, 0.3) is 0 Å². The number of anilines is 1. The van der Waals surface area contributed by atoms with Crippen molar-refractivity contribution in [3.63, 3.8) is 0 Å². The Bertz CT molecular complexity index is 1160. The molecule has 0 aliphatic rings. The minimum atomic E-state index is -0.548. The maximum absolute atomic E-state index is 12.8. The van der Waals surface area contributed by atoms with Crippen molar-refractivity contribution < 1.29 is 14.3 Å². The Balaban J connectivity index is 1.51. The van der Waals surface area contributed by atoms with Gasteiger partial charge in [0, 0.05) is 12.2 Å². The van der Waals surface area contributed by atoms with Crippen LogP contribution in [0, 0.1) is 0 Å². The fourth-order valence-corrected chi connectivity index (χ4v) is 6.64. The quantitative estimate of drug-likeness (QED) is 0.0580. The second-order valence-electron chi connectivity index (χ2n) is 14.7. The summed E-state index contributed by atoms with van der Waals surface area (Å²) in [5.41, 5.74) is 0.921. The van der Waals surface area contributed by atoms with Gasteiger partial charge in [0.05, 0.1) is 12.2 Å². The minimum Gasteiger partial charge on any atom is -0.494 e. The number of nitrogens with one attached hydrogen (secondary N) is 1. The Morgan fingerprint density at radius 2 is 0.902 bits per heavy atom. The normalized spacial score (nSPS) is 11.1. The Hall–Kier alpha value is -2.82. The minimum absolute atomic E-state index is 0.0298. The number of carbonyl (C=O) groups is 1. The van der Waals surface area contributed by atoms with Crippen molar-refractivity contribution in [1.29, 1.82) is 0 Å². The van der Waals surface area contributed by atoms with Gasteiger partial charge in [-0.15, -0.1) is 0 Å². The van der Waals surface area contributed by atoms with Crippen molar-refractivity contribution >= 4 is 11.7 Å². The van der Waals surface area contributed by atoms with Gasteiger partial charge < -0.3 is 14.8 Å². The van der Waals surface area contributed by atoms with E-state index < -0.39 is 5.97 Å². The van der Waals surface area contributed by atoms with Gasteiger partial charge in [-0.2, -0.15) is 0 Å². The zero-order chi connectivity index (χ0) is 36.5. The fraction of sp³-hybridized carbons (Fsp3) is 0.696. The first-order valence-electron chi connectivity index (χ1n) is 21.5. The highest BCUT2D eigenvalue weighted by atomic mass is 16.5. The van der Waals surface area contributed by atoms with Gasteiger partial charge in [-0.1, -0.05) is 181 Å². The van der Waals surface area contributed by atoms with E-state index in [1.165, 1.54) is 173 Å². The van der Waals surface area contributed by atoms with Crippen LogP contribution in [-0.2, 0) is 0 Å². The lowest BCUT2D eigenvalue weighted by Crippen LogP contribution is -2.13. The van der Waals surface area contributed by atoms with Gasteiger partial charge in [0.2, 0.25) is 5.43 Å². The number of ether oxygens (including phenoxy) is 2. The van der Waals surface area contributed by atoms with Gasteiger partial charge in [-0.05, 0) is 61.4 Å². The summed E-state index contributed by atoms with van der Waals surface area (Å²) in [6, 6.07) is 13.6. The summed E-state index contributed by atoms with van der Waals surface area (Å²) in [4.78, 5) is 25.4. The van der Waals surface area contributed by atoms with Crippen LogP contribution in [0.2, 0.25) is 0 Å². The molecule has 0 fully saturated rings. The molecule has 0 radical (unpaired) electrons. The number of hydrogen-bond donors (Lipinski definition) is 1. The van der Waals surface area contributed by atoms with E-state index in [2.05, 4.69) is 19.2 Å². The van der Waals surface area contributed by atoms with Crippen LogP contribution in [0.25, 0.3) is 0 Å². The first-order valence-corrected chi connectivity index (χ1v) is 21.5. The maximum atomic E-state index is 12.8. The Kier molecular flexibility index (Phi) is 27.7. The molecule has 2 rings (SSSR count). The third-order valence-electron chi connectivity index (χ3n) is 9.99. The van der Waals surface area contributed by atoms with Gasteiger partial charge in [0.1, 0.15) is 5.75 Å². The van der Waals surface area contributed by atoms with Crippen molar-refractivity contribution in [2.24, 2.45) is 0 Å². The second-order valence-corrected chi connectivity index (χ2v) is 14.7. The van der Waals surface area contributed by atoms with Crippen LogP contribution in [0.15, 0.2) is 53.3 Å². The molecule has 0 amide bonds. The van der Waals surface area contributed by atoms with Crippen molar-refractivity contribution in [2.75, 3.05) is 18.5 Å². The summed E-state index contributed by atoms with van der Waals surface area (Å²) >= 11 is 0. The van der Waals surface area contributed by atoms with Crippen LogP contribution in [0.1, 0.15) is 204 Å². The third-order valence-corrected chi connectivity index (χ3v) is 9.99. The van der Waals surface area contributed by atoms with E-state index in [1.807, 2.05) is 0 Å². The molecule has 0 saturated heterocycles. The van der Waals surface area contributed by atoms with Gasteiger partial charge in [-0.25, -0.2) is 4.79 Å². The monoisotopic (exact) mass is 706 g/mol. The number of benzene rings is 1. The van der Waals surface area contributed by atoms with Crippen LogP contribution in [0.4, 0.5) is 5.69 Å². The number of esters is 1. The molecule has 288 valence electrons. The molecule has 0 aromatic heterocycles. The molecule has 0 saturated carbocycles. The summed E-state index contributed by atoms with van der Waals surface area (Å²) in [6.07, 6.45) is 37.5. The summed E-state index contributed by atoms with van der Waals surface area (Å²) < 4.78 is 11.4. The SMILES string of the molecule is CCCCCCCCCCCCCCCCCCOc1ccc(C(=O)Oc2ccc(NCCCCCCCCCCCCCC)ccc2=O)cc1. The van der Waals surface area contributed by atoms with E-state index in [9.17, 15) is 9.59 Å². The fourth-order valence-electron chi connectivity index (χ4n) is 6.64. The van der Waals surface area contributed by atoms with E-state index in [1.54, 1.807) is 42.5 Å². The molecule has 0 heterocycles. The summed E-state index contributed by atoms with van der Waals surface area (Å²) in [6.45, 7) is 6.09. The van der Waals surface area contributed by atoms with E-state index >= 15 is 0 Å². The molecular weight excluding hydrogens is 631 g/mol. The van der Waals surface area contributed by atoms with Crippen LogP contribution < -0.4 is 20.2 Å². The maximum Gasteiger partial charge on any atom is 0.343 e. The number of hydrogen-bond acceptors (Lipinski definition) is 5. The molecule has 0 atom stereocenters. The average molecular weight is 706 g/mol. The van der Waals surface area contributed by atoms with Crippen molar-refractivity contribution in [3.8, 4) is 11.5 Å². The largest absolute Gasteiger partial charge is 0.494 e. The molecule has 51 heavy (non-hydrogen) atoms. The number of rotatable bonds is 34. The first kappa shape index (κ1) is 44.3. The molecule has 2 aromatic rings. The lowest BCUT2D eigenvalue weighted by molar-refractivity contribution is 0.0733. The standard InChI is InChI=1S/C46H75NO4/c1-3-5-7-9-11-13-15-17-18-19-20-22-24-26-28-30-40-50-43-35-31-41(32-36-43)46(49)51-45-38-34-42(33-37-44(45)48)47-39-29-27-25-23-21-16-14-12-10-8-6-4-2/h31-38,47H,3-30,39-40H2,1-2H3. The van der Waals surface area contributed by atoms with Gasteiger partial charge >= 0.3 is 5.97 Å². The van der Waals surface area contributed by atoms with Crippen LogP contribution in [-0.4, -0.2) is 19.1 Å². The highest BCUT2D eigenvalue weighted by molar-refractivity contribution is 5.91. The molecule has 2 aromatic carbocycles. The molecule has 0 unspecified atom stereocenters. The molecule has 5 nitrogen and oxygen atoms in total. The highest BCUT2D eigenvalue weighted by Gasteiger charge is 2.11. The predicted octanol–water partition coefficient (Wildman–Crippen LogP) is 14.0. The first-order chi connectivity index (χ1) is 25.1. The highest BCUT2D eigenvalue weighted by Crippen LogP contribution is 2.18. The topological polar surface area (TPSA) is 64.6 Å². The van der Waals surface area contributed by atoms with E-state index in [4.69, 9.17) is 9.47 Å². The summed E-state index contributed by atoms with van der Waals surface area (Å²) in [5.74, 6) is 0.225. The third kappa shape index (κ3) is 24.1. The van der Waals surface area contributed by atoms with Crippen LogP contribution in [0.3, 0.4) is 0 Å². The van der Waals surface area contributed by atoms with Gasteiger partial charge in [-0.3, -0.25) is 4.79 Å². The smallest absolute Gasteiger partial charge is 0.343 e. The van der Waals surface area contributed by atoms with E-state index in [-0.39, 0.29) is 11.2 Å². The Morgan fingerprint density at radius 3 is 1.37 bits per heavy atom. The number of unbranched alkanes of at least 4 members (excludes halogenated alkanes) is 26. The average Bonchev–Trinajstić information content (AvgIpc) is 3.32. The van der Waals surface area contributed by atoms with E-state index in [0.717, 1.165) is 30.8 Å². The molecule has 1 N–H and O–H groups in total. The van der Waals surface area contributed by atoms with Crippen molar-refractivity contribution in [1.82, 2.24) is 0 Å². The van der Waals surface area contributed by atoms with Gasteiger partial charge in [0.15, 0.2) is 5.75 Å². The lowest BCUT2D eigenvalue weighted by atomic mass is 10.0. The molecule has 0 spiro atoms. The zero-order valence-electron chi connectivity index (χ0n) is 33.0. The molecule has 0 bridgehead atoms. The lowest BCUT2D eigenvalue weighted by Gasteiger charge is -2.07. The zero-order valence-corrected chi connectivity index (χ0v) is 33.0. The Labute approximate surface area is 313 Å². The van der Waals surface area contributed by atoms with E-state index in [0.29, 0.717) is 12.2 Å². The van der Waals surface area contributed by atoms with Crippen LogP contribution >= 0.6 is 0 Å². The van der Waals surface area contributed by atoms with Crippen molar-refractivity contribution in [2.45, 2.75) is 194 Å². The van der Waals surface area contributed by atoms with Crippen LogP contribution in [0.5, 0.6) is 11.5 Å². The predicted molar refractivity (Wildman–Crippen MR) is 219 cm³/mol. The summed E-state index contributed by atoms with van der Waals surface area (Å²) in [7, 11) is 0. The molecule has 5 heteroatoms. The van der Waals surface area contributed by atoms with Crippen molar-refractivity contribution in [3.05, 3.63) is 64.3 Å². The number of carbonyl (C=O) groups excluding carboxylic acids is 1. The second kappa shape index (κ2) is 31.9. The molecular formula is C46H75NO4.